The number of halogens is 1. The number of rotatable bonds is 4. The van der Waals surface area contributed by atoms with Crippen LogP contribution < -0.4 is 0 Å². The smallest absolute Gasteiger partial charge is 0.144 e. The van der Waals surface area contributed by atoms with E-state index < -0.39 is 10.7 Å². The first kappa shape index (κ1) is 14.9. The molecule has 0 aliphatic heterocycles. The molecule has 1 aromatic heterocycles. The highest BCUT2D eigenvalue weighted by molar-refractivity contribution is 7.71. The number of hydrogen-bond acceptors (Lipinski definition) is 3. The Balaban J connectivity index is 1.96. The Kier molecular flexibility index (Phi) is 4.36. The molecule has 1 heterocycles. The lowest BCUT2D eigenvalue weighted by atomic mass is 9.98. The summed E-state index contributed by atoms with van der Waals surface area (Å²) < 4.78 is 34.6. The van der Waals surface area contributed by atoms with Crippen molar-refractivity contribution in [2.45, 2.75) is 5.75 Å². The van der Waals surface area contributed by atoms with Crippen molar-refractivity contribution in [2.24, 2.45) is 0 Å². The van der Waals surface area contributed by atoms with E-state index in [2.05, 4.69) is 0 Å². The summed E-state index contributed by atoms with van der Waals surface area (Å²) in [5.41, 5.74) is 4.87. The average molecular weight is 332 g/mol. The van der Waals surface area contributed by atoms with E-state index in [0.29, 0.717) is 0 Å². The standard InChI is InChI=1S/C17H13FO2S2/c18-15-7-5-14(6-8-15)17-10-21-9-16(17)13-3-1-12(2-4-13)11-22(19)20/h1-10,22H,11H2. The van der Waals surface area contributed by atoms with Gasteiger partial charge in [0.25, 0.3) is 0 Å². The van der Waals surface area contributed by atoms with Crippen LogP contribution in [0.1, 0.15) is 5.56 Å². The summed E-state index contributed by atoms with van der Waals surface area (Å²) in [4.78, 5) is 0. The van der Waals surface area contributed by atoms with Gasteiger partial charge in [-0.1, -0.05) is 36.4 Å². The van der Waals surface area contributed by atoms with E-state index in [0.717, 1.165) is 27.8 Å². The van der Waals surface area contributed by atoms with Gasteiger partial charge in [0.1, 0.15) is 16.5 Å². The summed E-state index contributed by atoms with van der Waals surface area (Å²) in [6.45, 7) is 0. The fraction of sp³-hybridized carbons (Fsp3) is 0.0588. The second kappa shape index (κ2) is 6.42. The van der Waals surface area contributed by atoms with Crippen LogP contribution in [-0.2, 0) is 16.5 Å². The maximum Gasteiger partial charge on any atom is 0.144 e. The van der Waals surface area contributed by atoms with Gasteiger partial charge in [0.05, 0.1) is 5.75 Å². The first-order valence-corrected chi connectivity index (χ1v) is 8.97. The van der Waals surface area contributed by atoms with Crippen LogP contribution in [-0.4, -0.2) is 8.42 Å². The van der Waals surface area contributed by atoms with Crippen molar-refractivity contribution >= 4 is 22.0 Å². The molecule has 0 saturated heterocycles. The largest absolute Gasteiger partial charge is 0.232 e. The van der Waals surface area contributed by atoms with Crippen molar-refractivity contribution in [3.8, 4) is 22.3 Å². The van der Waals surface area contributed by atoms with Crippen LogP contribution in [0.5, 0.6) is 0 Å². The summed E-state index contributed by atoms with van der Waals surface area (Å²) in [5.74, 6) is -0.194. The molecule has 0 amide bonds. The lowest BCUT2D eigenvalue weighted by molar-refractivity contribution is 0.614. The van der Waals surface area contributed by atoms with Crippen LogP contribution in [0.3, 0.4) is 0 Å². The third-order valence-corrected chi connectivity index (χ3v) is 4.76. The van der Waals surface area contributed by atoms with Gasteiger partial charge in [0.15, 0.2) is 0 Å². The summed E-state index contributed by atoms with van der Waals surface area (Å²) >= 11 is 1.58. The molecule has 22 heavy (non-hydrogen) atoms. The molecule has 3 aromatic rings. The van der Waals surface area contributed by atoms with Crippen LogP contribution >= 0.6 is 11.3 Å². The van der Waals surface area contributed by atoms with Crippen molar-refractivity contribution in [1.29, 1.82) is 0 Å². The highest BCUT2D eigenvalue weighted by Crippen LogP contribution is 2.35. The van der Waals surface area contributed by atoms with Gasteiger partial charge in [-0.2, -0.15) is 11.3 Å². The van der Waals surface area contributed by atoms with E-state index in [4.69, 9.17) is 0 Å². The quantitative estimate of drug-likeness (QED) is 0.722. The molecule has 0 bridgehead atoms. The maximum atomic E-state index is 13.1. The molecule has 112 valence electrons. The van der Waals surface area contributed by atoms with Crippen LogP contribution in [0.2, 0.25) is 0 Å². The topological polar surface area (TPSA) is 34.1 Å². The Hall–Kier alpha value is -1.98. The normalized spacial score (nSPS) is 11.0. The molecular formula is C17H13FO2S2. The predicted molar refractivity (Wildman–Crippen MR) is 89.2 cm³/mol. The molecule has 0 radical (unpaired) electrons. The zero-order chi connectivity index (χ0) is 15.5. The highest BCUT2D eigenvalue weighted by Gasteiger charge is 2.09. The van der Waals surface area contributed by atoms with E-state index in [1.165, 1.54) is 12.1 Å². The molecule has 0 spiro atoms. The lowest BCUT2D eigenvalue weighted by Gasteiger charge is -2.06. The Morgan fingerprint density at radius 1 is 0.818 bits per heavy atom. The summed E-state index contributed by atoms with van der Waals surface area (Å²) in [6, 6.07) is 13.9. The van der Waals surface area contributed by atoms with Gasteiger partial charge in [0, 0.05) is 11.1 Å². The van der Waals surface area contributed by atoms with Crippen molar-refractivity contribution in [2.75, 3.05) is 0 Å². The van der Waals surface area contributed by atoms with E-state index in [9.17, 15) is 12.8 Å². The highest BCUT2D eigenvalue weighted by atomic mass is 32.2. The molecule has 0 N–H and O–H groups in total. The van der Waals surface area contributed by atoms with E-state index >= 15 is 0 Å². The first-order chi connectivity index (χ1) is 10.6. The monoisotopic (exact) mass is 332 g/mol. The molecular weight excluding hydrogens is 319 g/mol. The Bertz CT molecular complexity index is 839. The predicted octanol–water partition coefficient (Wildman–Crippen LogP) is 4.33. The fourth-order valence-corrected chi connectivity index (χ4v) is 3.69. The number of benzene rings is 2. The van der Waals surface area contributed by atoms with Crippen molar-refractivity contribution in [1.82, 2.24) is 0 Å². The number of hydrogen-bond donors (Lipinski definition) is 1. The lowest BCUT2D eigenvalue weighted by Crippen LogP contribution is -1.87. The molecule has 2 nitrogen and oxygen atoms in total. The minimum Gasteiger partial charge on any atom is -0.232 e. The summed E-state index contributed by atoms with van der Waals surface area (Å²) in [6.07, 6.45) is 0. The van der Waals surface area contributed by atoms with Gasteiger partial charge in [-0.3, -0.25) is 0 Å². The van der Waals surface area contributed by atoms with Crippen LogP contribution in [0, 0.1) is 5.82 Å². The SMILES string of the molecule is O=[SH](=O)Cc1ccc(-c2cscc2-c2ccc(F)cc2)cc1. The maximum absolute atomic E-state index is 13.1. The molecule has 0 atom stereocenters. The second-order valence-corrected chi connectivity index (χ2v) is 6.62. The Labute approximate surface area is 133 Å². The van der Waals surface area contributed by atoms with Gasteiger partial charge in [-0.05, 0) is 39.6 Å². The molecule has 0 fully saturated rings. The van der Waals surface area contributed by atoms with Gasteiger partial charge in [0.2, 0.25) is 0 Å². The summed E-state index contributed by atoms with van der Waals surface area (Å²) in [5, 5.41) is 4.08. The minimum absolute atomic E-state index is 0.0596. The average Bonchev–Trinajstić information content (AvgIpc) is 2.97. The van der Waals surface area contributed by atoms with Gasteiger partial charge >= 0.3 is 0 Å². The fourth-order valence-electron chi connectivity index (χ4n) is 2.31. The Morgan fingerprint density at radius 3 is 1.82 bits per heavy atom. The number of thiophene rings is 1. The van der Waals surface area contributed by atoms with Crippen LogP contribution in [0.15, 0.2) is 59.3 Å². The first-order valence-electron chi connectivity index (χ1n) is 6.67. The molecule has 0 aliphatic rings. The van der Waals surface area contributed by atoms with Gasteiger partial charge < -0.3 is 0 Å². The van der Waals surface area contributed by atoms with E-state index in [1.54, 1.807) is 23.5 Å². The zero-order valence-electron chi connectivity index (χ0n) is 11.5. The molecule has 0 unspecified atom stereocenters. The third-order valence-electron chi connectivity index (χ3n) is 3.39. The van der Waals surface area contributed by atoms with E-state index in [-0.39, 0.29) is 11.6 Å². The van der Waals surface area contributed by atoms with Crippen molar-refractivity contribution in [3.05, 3.63) is 70.7 Å². The molecule has 0 saturated carbocycles. The molecule has 5 heteroatoms. The molecule has 0 aliphatic carbocycles. The van der Waals surface area contributed by atoms with E-state index in [1.807, 2.05) is 35.0 Å². The van der Waals surface area contributed by atoms with Crippen LogP contribution in [0.25, 0.3) is 22.3 Å². The van der Waals surface area contributed by atoms with Gasteiger partial charge in [-0.25, -0.2) is 12.8 Å². The Morgan fingerprint density at radius 2 is 1.32 bits per heavy atom. The molecule has 3 rings (SSSR count). The van der Waals surface area contributed by atoms with Crippen molar-refractivity contribution in [3.63, 3.8) is 0 Å². The third kappa shape index (κ3) is 3.26. The second-order valence-electron chi connectivity index (χ2n) is 4.89. The number of thiol groups is 1. The minimum atomic E-state index is -2.41. The van der Waals surface area contributed by atoms with Crippen molar-refractivity contribution < 1.29 is 12.8 Å². The molecule has 2 aromatic carbocycles. The van der Waals surface area contributed by atoms with Gasteiger partial charge in [-0.15, -0.1) is 0 Å². The zero-order valence-corrected chi connectivity index (χ0v) is 13.2. The van der Waals surface area contributed by atoms with Crippen LogP contribution in [0.4, 0.5) is 4.39 Å². The summed E-state index contributed by atoms with van der Waals surface area (Å²) in [7, 11) is -2.41.